The van der Waals surface area contributed by atoms with Crippen molar-refractivity contribution in [1.82, 2.24) is 9.97 Å². The minimum Gasteiger partial charge on any atom is -0.360 e. The second-order valence-electron chi connectivity index (χ2n) is 6.07. The Morgan fingerprint density at radius 1 is 1.10 bits per heavy atom. The Balaban J connectivity index is 1.52. The van der Waals surface area contributed by atoms with Gasteiger partial charge in [0.25, 0.3) is 5.91 Å². The summed E-state index contributed by atoms with van der Waals surface area (Å²) in [5.41, 5.74) is 2.70. The molecule has 148 valence electrons. The van der Waals surface area contributed by atoms with Crippen molar-refractivity contribution in [1.29, 1.82) is 0 Å². The number of halogens is 2. The van der Waals surface area contributed by atoms with Crippen LogP contribution in [0.3, 0.4) is 0 Å². The average Bonchev–Trinajstić information content (AvgIpc) is 3.34. The number of nitrogens with zero attached hydrogens (tertiary/aromatic N) is 1. The Morgan fingerprint density at radius 2 is 1.83 bits per heavy atom. The lowest BCUT2D eigenvalue weighted by atomic mass is 10.1. The van der Waals surface area contributed by atoms with Crippen LogP contribution in [0.25, 0.3) is 22.2 Å². The van der Waals surface area contributed by atoms with Crippen molar-refractivity contribution in [2.45, 2.75) is 10.7 Å². The maximum atomic E-state index is 12.6. The van der Waals surface area contributed by atoms with Gasteiger partial charge >= 0.3 is 5.76 Å². The summed E-state index contributed by atoms with van der Waals surface area (Å²) in [5.74, 6) is -4.04. The van der Waals surface area contributed by atoms with E-state index in [4.69, 9.17) is 0 Å². The highest BCUT2D eigenvalue weighted by atomic mass is 32.2. The van der Waals surface area contributed by atoms with E-state index >= 15 is 0 Å². The van der Waals surface area contributed by atoms with Gasteiger partial charge in [-0.15, -0.1) is 11.3 Å². The highest BCUT2D eigenvalue weighted by molar-refractivity contribution is 7.91. The first-order valence-electron chi connectivity index (χ1n) is 8.32. The Bertz CT molecular complexity index is 1300. The number of carbonyl (C=O) groups excluding carboxylic acids is 1. The second-order valence-corrected chi connectivity index (χ2v) is 8.85. The fourth-order valence-electron chi connectivity index (χ4n) is 2.81. The van der Waals surface area contributed by atoms with Gasteiger partial charge < -0.3 is 4.98 Å². The molecule has 2 aromatic heterocycles. The van der Waals surface area contributed by atoms with Crippen molar-refractivity contribution >= 4 is 43.1 Å². The third-order valence-electron chi connectivity index (χ3n) is 4.27. The van der Waals surface area contributed by atoms with Crippen molar-refractivity contribution in [2.75, 3.05) is 5.32 Å². The molecule has 2 N–H and O–H groups in total. The van der Waals surface area contributed by atoms with Gasteiger partial charge in [-0.1, -0.05) is 18.2 Å². The van der Waals surface area contributed by atoms with Crippen LogP contribution in [0.15, 0.2) is 65.0 Å². The van der Waals surface area contributed by atoms with Gasteiger partial charge in [-0.05, 0) is 30.3 Å². The van der Waals surface area contributed by atoms with E-state index in [0.717, 1.165) is 28.6 Å². The maximum absolute atomic E-state index is 12.6. The number of carbonyl (C=O) groups is 1. The zero-order valence-electron chi connectivity index (χ0n) is 14.6. The summed E-state index contributed by atoms with van der Waals surface area (Å²) in [6.07, 6.45) is 1.84. The fourth-order valence-corrected chi connectivity index (χ4v) is 4.23. The van der Waals surface area contributed by atoms with E-state index < -0.39 is 26.4 Å². The molecule has 0 bridgehead atoms. The lowest BCUT2D eigenvalue weighted by Crippen LogP contribution is -2.14. The number of hydrogen-bond donors (Lipinski definition) is 2. The van der Waals surface area contributed by atoms with E-state index in [-0.39, 0.29) is 5.56 Å². The van der Waals surface area contributed by atoms with Crippen LogP contribution in [0.4, 0.5) is 13.9 Å². The molecular weight excluding hydrogens is 420 g/mol. The number of benzene rings is 2. The first kappa shape index (κ1) is 19.2. The van der Waals surface area contributed by atoms with Gasteiger partial charge in [0, 0.05) is 33.6 Å². The van der Waals surface area contributed by atoms with Crippen molar-refractivity contribution in [3.63, 3.8) is 0 Å². The van der Waals surface area contributed by atoms with Gasteiger partial charge in [0.15, 0.2) is 5.13 Å². The number of alkyl halides is 2. The number of para-hydroxylation sites is 1. The van der Waals surface area contributed by atoms with Crippen LogP contribution in [0.5, 0.6) is 0 Å². The summed E-state index contributed by atoms with van der Waals surface area (Å²) < 4.78 is 48.1. The number of aromatic nitrogens is 2. The van der Waals surface area contributed by atoms with E-state index in [1.807, 2.05) is 35.8 Å². The molecule has 0 atom stereocenters. The highest BCUT2D eigenvalue weighted by Crippen LogP contribution is 2.31. The molecule has 0 aliphatic rings. The van der Waals surface area contributed by atoms with Crippen molar-refractivity contribution in [3.8, 4) is 11.3 Å². The van der Waals surface area contributed by atoms with Crippen LogP contribution >= 0.6 is 11.3 Å². The Hall–Kier alpha value is -3.11. The minimum atomic E-state index is -4.70. The first-order chi connectivity index (χ1) is 13.9. The van der Waals surface area contributed by atoms with Gasteiger partial charge in [0.2, 0.25) is 9.84 Å². The molecule has 1 amide bonds. The largest absolute Gasteiger partial charge is 0.360 e. The molecule has 0 unspecified atom stereocenters. The van der Waals surface area contributed by atoms with Crippen LogP contribution < -0.4 is 5.32 Å². The molecule has 4 rings (SSSR count). The first-order valence-corrected chi connectivity index (χ1v) is 10.7. The van der Waals surface area contributed by atoms with Crippen LogP contribution in [0, 0.1) is 0 Å². The van der Waals surface area contributed by atoms with Crippen molar-refractivity contribution < 1.29 is 22.0 Å². The fraction of sp³-hybridized carbons (Fsp3) is 0.0526. The molecule has 0 aliphatic carbocycles. The van der Waals surface area contributed by atoms with Crippen LogP contribution in [0.2, 0.25) is 0 Å². The van der Waals surface area contributed by atoms with E-state index in [1.165, 1.54) is 23.5 Å². The molecule has 0 aliphatic heterocycles. The molecule has 29 heavy (non-hydrogen) atoms. The van der Waals surface area contributed by atoms with Crippen molar-refractivity contribution in [3.05, 3.63) is 65.7 Å². The Kier molecular flexibility index (Phi) is 4.89. The molecule has 0 saturated carbocycles. The van der Waals surface area contributed by atoms with Gasteiger partial charge in [0.1, 0.15) is 0 Å². The highest BCUT2D eigenvalue weighted by Gasteiger charge is 2.26. The minimum absolute atomic E-state index is 0.127. The predicted octanol–water partition coefficient (Wildman–Crippen LogP) is 4.54. The topological polar surface area (TPSA) is 91.9 Å². The monoisotopic (exact) mass is 433 g/mol. The molecular formula is C19H13F2N3O3S2. The average molecular weight is 433 g/mol. The van der Waals surface area contributed by atoms with Gasteiger partial charge in [-0.3, -0.25) is 10.1 Å². The van der Waals surface area contributed by atoms with Gasteiger partial charge in [-0.25, -0.2) is 13.4 Å². The van der Waals surface area contributed by atoms with Gasteiger partial charge in [-0.2, -0.15) is 8.78 Å². The van der Waals surface area contributed by atoms with E-state index in [1.54, 1.807) is 0 Å². The maximum Gasteiger partial charge on any atom is 0.341 e. The Morgan fingerprint density at radius 3 is 2.55 bits per heavy atom. The summed E-state index contributed by atoms with van der Waals surface area (Å²) in [4.78, 5) is 19.4. The van der Waals surface area contributed by atoms with E-state index in [2.05, 4.69) is 15.3 Å². The number of rotatable bonds is 5. The number of fused-ring (bicyclic) bond motifs is 1. The SMILES string of the molecule is O=C(Nc1nc(-c2c[nH]c3ccccc23)cs1)c1ccc(S(=O)(=O)C(F)F)cc1. The van der Waals surface area contributed by atoms with E-state index in [0.29, 0.717) is 10.8 Å². The molecule has 6 nitrogen and oxygen atoms in total. The summed E-state index contributed by atoms with van der Waals surface area (Å²) in [6.45, 7) is 0. The predicted molar refractivity (Wildman–Crippen MR) is 107 cm³/mol. The number of aromatic amines is 1. The summed E-state index contributed by atoms with van der Waals surface area (Å²) in [7, 11) is -4.70. The second kappa shape index (κ2) is 7.37. The lowest BCUT2D eigenvalue weighted by Gasteiger charge is -2.05. The quantitative estimate of drug-likeness (QED) is 0.483. The summed E-state index contributed by atoms with van der Waals surface area (Å²) in [6, 6.07) is 12.1. The standard InChI is InChI=1S/C19H13F2N3O3S2/c20-18(21)29(26,27)12-7-5-11(6-8-12)17(25)24-19-23-16(10-28-19)14-9-22-15-4-2-1-3-13(14)15/h1-10,18,22H,(H,23,24,25). The summed E-state index contributed by atoms with van der Waals surface area (Å²) >= 11 is 1.24. The van der Waals surface area contributed by atoms with E-state index in [9.17, 15) is 22.0 Å². The molecule has 0 radical (unpaired) electrons. The number of H-pyrrole nitrogens is 1. The number of anilines is 1. The zero-order chi connectivity index (χ0) is 20.6. The molecule has 0 saturated heterocycles. The number of thiazole rings is 1. The normalized spacial score (nSPS) is 11.8. The molecule has 2 aromatic carbocycles. The summed E-state index contributed by atoms with van der Waals surface area (Å²) in [5, 5.41) is 5.81. The third kappa shape index (κ3) is 3.64. The molecule has 0 fully saturated rings. The Labute approximate surface area is 168 Å². The smallest absolute Gasteiger partial charge is 0.341 e. The van der Waals surface area contributed by atoms with Crippen LogP contribution in [-0.2, 0) is 9.84 Å². The lowest BCUT2D eigenvalue weighted by molar-refractivity contribution is 0.102. The van der Waals surface area contributed by atoms with Gasteiger partial charge in [0.05, 0.1) is 10.6 Å². The molecule has 2 heterocycles. The number of sulfone groups is 1. The number of nitrogens with one attached hydrogen (secondary N) is 2. The number of hydrogen-bond acceptors (Lipinski definition) is 5. The zero-order valence-corrected chi connectivity index (χ0v) is 16.2. The van der Waals surface area contributed by atoms with Crippen LogP contribution in [-0.4, -0.2) is 30.1 Å². The van der Waals surface area contributed by atoms with Crippen molar-refractivity contribution in [2.24, 2.45) is 0 Å². The van der Waals surface area contributed by atoms with Crippen LogP contribution in [0.1, 0.15) is 10.4 Å². The molecule has 0 spiro atoms. The number of amides is 1. The molecule has 10 heteroatoms. The third-order valence-corrected chi connectivity index (χ3v) is 6.43. The molecule has 4 aromatic rings.